The highest BCUT2D eigenvalue weighted by Crippen LogP contribution is 1.99. The molecule has 2 nitrogen and oxygen atoms in total. The van der Waals surface area contributed by atoms with Crippen LogP contribution < -0.4 is 5.32 Å². The van der Waals surface area contributed by atoms with E-state index in [0.717, 1.165) is 5.03 Å². The first kappa shape index (κ1) is 4.65. The van der Waals surface area contributed by atoms with Gasteiger partial charge in [0.1, 0.15) is 0 Å². The second-order valence-corrected chi connectivity index (χ2v) is 1.72. The van der Waals surface area contributed by atoms with Crippen molar-refractivity contribution < 1.29 is 0 Å². The molecule has 0 aromatic rings. The van der Waals surface area contributed by atoms with Crippen molar-refractivity contribution in [3.8, 4) is 0 Å². The van der Waals surface area contributed by atoms with Gasteiger partial charge in [-0.3, -0.25) is 0 Å². The molecule has 3 heteroatoms. The van der Waals surface area contributed by atoms with Crippen LogP contribution in [0.2, 0.25) is 0 Å². The molecule has 0 fully saturated rings. The summed E-state index contributed by atoms with van der Waals surface area (Å²) in [6, 6.07) is 0. The zero-order valence-corrected chi connectivity index (χ0v) is 4.44. The second kappa shape index (κ2) is 1.98. The summed E-state index contributed by atoms with van der Waals surface area (Å²) in [5.41, 5.74) is 0. The Labute approximate surface area is 46.9 Å². The van der Waals surface area contributed by atoms with Crippen LogP contribution in [0.5, 0.6) is 0 Å². The first-order chi connectivity index (χ1) is 3.39. The van der Waals surface area contributed by atoms with Crippen LogP contribution in [-0.4, -0.2) is 12.9 Å². The maximum absolute atomic E-state index is 5.50. The van der Waals surface area contributed by atoms with Crippen molar-refractivity contribution in [2.45, 2.75) is 0 Å². The van der Waals surface area contributed by atoms with Crippen molar-refractivity contribution in [3.63, 3.8) is 0 Å². The lowest BCUT2D eigenvalue weighted by atomic mass is 10.5. The highest BCUT2D eigenvalue weighted by atomic mass is 35.5. The molecular formula is C4H5ClN2. The molecule has 1 heterocycles. The Morgan fingerprint density at radius 3 is 3.00 bits per heavy atom. The van der Waals surface area contributed by atoms with E-state index < -0.39 is 0 Å². The van der Waals surface area contributed by atoms with E-state index in [1.54, 1.807) is 12.5 Å². The zero-order valence-electron chi connectivity index (χ0n) is 3.69. The molecule has 38 valence electrons. The van der Waals surface area contributed by atoms with Gasteiger partial charge in [-0.25, -0.2) is 4.99 Å². The fourth-order valence-corrected chi connectivity index (χ4v) is 0.493. The number of aliphatic imine (C=N–C) groups is 1. The van der Waals surface area contributed by atoms with Gasteiger partial charge >= 0.3 is 0 Å². The van der Waals surface area contributed by atoms with E-state index in [1.807, 2.05) is 0 Å². The van der Waals surface area contributed by atoms with E-state index in [1.165, 1.54) is 0 Å². The minimum atomic E-state index is 0.713. The van der Waals surface area contributed by atoms with Crippen molar-refractivity contribution in [3.05, 3.63) is 11.2 Å². The van der Waals surface area contributed by atoms with E-state index in [0.29, 0.717) is 6.54 Å². The molecule has 1 N–H and O–H groups in total. The van der Waals surface area contributed by atoms with Gasteiger partial charge in [0.15, 0.2) is 0 Å². The molecule has 0 amide bonds. The summed E-state index contributed by atoms with van der Waals surface area (Å²) in [5, 5.41) is 3.59. The van der Waals surface area contributed by atoms with Gasteiger partial charge in [-0.05, 0) is 0 Å². The molecule has 0 saturated heterocycles. The number of hydrogen-bond acceptors (Lipinski definition) is 2. The molecule has 0 aliphatic carbocycles. The average Bonchev–Trinajstić information content (AvgIpc) is 1.69. The molecule has 0 spiro atoms. The molecule has 0 bridgehead atoms. The normalized spacial score (nSPS) is 18.1. The predicted molar refractivity (Wildman–Crippen MR) is 30.4 cm³/mol. The Morgan fingerprint density at radius 2 is 2.71 bits per heavy atom. The Kier molecular flexibility index (Phi) is 1.32. The highest BCUT2D eigenvalue weighted by molar-refractivity contribution is 6.30. The smallest absolute Gasteiger partial charge is 0.0882 e. The van der Waals surface area contributed by atoms with E-state index >= 15 is 0 Å². The molecule has 1 aliphatic heterocycles. The second-order valence-electron chi connectivity index (χ2n) is 1.24. The average molecular weight is 117 g/mol. The summed E-state index contributed by atoms with van der Waals surface area (Å²) in [4.78, 5) is 3.73. The summed E-state index contributed by atoms with van der Waals surface area (Å²) < 4.78 is 0. The molecule has 0 aromatic heterocycles. The van der Waals surface area contributed by atoms with Crippen molar-refractivity contribution in [1.29, 1.82) is 0 Å². The van der Waals surface area contributed by atoms with Crippen LogP contribution in [0.15, 0.2) is 16.2 Å². The molecule has 1 aliphatic rings. The van der Waals surface area contributed by atoms with Gasteiger partial charge in [0.2, 0.25) is 0 Å². The number of nitrogens with one attached hydrogen (secondary N) is 1. The lowest BCUT2D eigenvalue weighted by molar-refractivity contribution is 1.02. The number of nitrogens with zero attached hydrogens (tertiary/aromatic N) is 1. The van der Waals surface area contributed by atoms with E-state index in [-0.39, 0.29) is 0 Å². The molecule has 1 rings (SSSR count). The minimum absolute atomic E-state index is 0.713. The molecule has 7 heavy (non-hydrogen) atoms. The van der Waals surface area contributed by atoms with Gasteiger partial charge in [0, 0.05) is 6.20 Å². The monoisotopic (exact) mass is 116 g/mol. The van der Waals surface area contributed by atoms with Crippen molar-refractivity contribution in [2.24, 2.45) is 4.99 Å². The largest absolute Gasteiger partial charge is 0.371 e. The van der Waals surface area contributed by atoms with Gasteiger partial charge in [0.05, 0.1) is 17.9 Å². The van der Waals surface area contributed by atoms with Crippen molar-refractivity contribution >= 4 is 17.9 Å². The molecule has 0 radical (unpaired) electrons. The SMILES string of the molecule is ClC1=CN=CNC1. The minimum Gasteiger partial charge on any atom is -0.371 e. The number of hydrogen-bond donors (Lipinski definition) is 1. The van der Waals surface area contributed by atoms with Gasteiger partial charge < -0.3 is 5.32 Å². The number of rotatable bonds is 0. The van der Waals surface area contributed by atoms with Crippen molar-refractivity contribution in [1.82, 2.24) is 5.32 Å². The lowest BCUT2D eigenvalue weighted by Crippen LogP contribution is -2.14. The third kappa shape index (κ3) is 1.20. The van der Waals surface area contributed by atoms with Crippen LogP contribution in [0.4, 0.5) is 0 Å². The third-order valence-electron chi connectivity index (χ3n) is 0.651. The van der Waals surface area contributed by atoms with Crippen LogP contribution in [-0.2, 0) is 0 Å². The zero-order chi connectivity index (χ0) is 5.11. The predicted octanol–water partition coefficient (Wildman–Crippen LogP) is 0.698. The molecule has 0 unspecified atom stereocenters. The Morgan fingerprint density at radius 1 is 1.86 bits per heavy atom. The first-order valence-corrected chi connectivity index (χ1v) is 2.37. The van der Waals surface area contributed by atoms with Crippen LogP contribution in [0, 0.1) is 0 Å². The van der Waals surface area contributed by atoms with Gasteiger partial charge in [-0.1, -0.05) is 11.6 Å². The van der Waals surface area contributed by atoms with Crippen LogP contribution >= 0.6 is 11.6 Å². The molecular weight excluding hydrogens is 112 g/mol. The topological polar surface area (TPSA) is 24.4 Å². The van der Waals surface area contributed by atoms with E-state index in [2.05, 4.69) is 10.3 Å². The fourth-order valence-electron chi connectivity index (χ4n) is 0.360. The summed E-state index contributed by atoms with van der Waals surface area (Å²) in [6.45, 7) is 0.713. The van der Waals surface area contributed by atoms with Gasteiger partial charge in [-0.2, -0.15) is 0 Å². The standard InChI is InChI=1S/C4H5ClN2/c5-4-1-6-3-7-2-4/h1,3H,2H2,(H,6,7). The summed E-state index contributed by atoms with van der Waals surface area (Å²) >= 11 is 5.50. The maximum Gasteiger partial charge on any atom is 0.0882 e. The summed E-state index contributed by atoms with van der Waals surface area (Å²) in [5.74, 6) is 0. The van der Waals surface area contributed by atoms with Crippen LogP contribution in [0.25, 0.3) is 0 Å². The Balaban J connectivity index is 2.57. The quantitative estimate of drug-likeness (QED) is 0.495. The third-order valence-corrected chi connectivity index (χ3v) is 0.883. The number of halogens is 1. The van der Waals surface area contributed by atoms with E-state index in [4.69, 9.17) is 11.6 Å². The van der Waals surface area contributed by atoms with E-state index in [9.17, 15) is 0 Å². The lowest BCUT2D eigenvalue weighted by Gasteiger charge is -1.99. The maximum atomic E-state index is 5.50. The van der Waals surface area contributed by atoms with Crippen LogP contribution in [0.1, 0.15) is 0 Å². The van der Waals surface area contributed by atoms with Crippen LogP contribution in [0.3, 0.4) is 0 Å². The fraction of sp³-hybridized carbons (Fsp3) is 0.250. The molecule has 0 saturated carbocycles. The van der Waals surface area contributed by atoms with Crippen molar-refractivity contribution in [2.75, 3.05) is 6.54 Å². The van der Waals surface area contributed by atoms with Gasteiger partial charge in [-0.15, -0.1) is 0 Å². The summed E-state index contributed by atoms with van der Waals surface area (Å²) in [6.07, 6.45) is 3.24. The first-order valence-electron chi connectivity index (χ1n) is 1.99. The Bertz CT molecular complexity index is 117. The highest BCUT2D eigenvalue weighted by Gasteiger charge is 1.90. The summed E-state index contributed by atoms with van der Waals surface area (Å²) in [7, 11) is 0. The Hall–Kier alpha value is -0.500. The van der Waals surface area contributed by atoms with Gasteiger partial charge in [0.25, 0.3) is 0 Å². The molecule has 0 atom stereocenters. The molecule has 0 aromatic carbocycles.